The SMILES string of the molecule is O=S(O)c1cccc(S(=O)OF)c1. The predicted octanol–water partition coefficient (Wildman–Crippen LogP) is 1.19. The molecule has 0 saturated heterocycles. The van der Waals surface area contributed by atoms with Crippen molar-refractivity contribution in [2.45, 2.75) is 9.79 Å². The summed E-state index contributed by atoms with van der Waals surface area (Å²) in [6.45, 7) is 0. The molecular formula is C6H5FO4S2. The maximum atomic E-state index is 11.5. The van der Waals surface area contributed by atoms with Gasteiger partial charge in [-0.25, -0.2) is 8.42 Å². The Balaban J connectivity index is 3.05. The highest BCUT2D eigenvalue weighted by Crippen LogP contribution is 2.12. The van der Waals surface area contributed by atoms with Gasteiger partial charge in [0.25, 0.3) is 0 Å². The zero-order valence-electron chi connectivity index (χ0n) is 6.18. The molecule has 0 aliphatic heterocycles. The third-order valence-corrected chi connectivity index (χ3v) is 2.67. The van der Waals surface area contributed by atoms with E-state index in [0.29, 0.717) is 0 Å². The molecule has 0 amide bonds. The van der Waals surface area contributed by atoms with Gasteiger partial charge >= 0.3 is 0 Å². The summed E-state index contributed by atoms with van der Waals surface area (Å²) in [5, 5.41) is 0. The molecule has 7 heteroatoms. The summed E-state index contributed by atoms with van der Waals surface area (Å²) in [6, 6.07) is 5.20. The van der Waals surface area contributed by atoms with E-state index in [2.05, 4.69) is 4.39 Å². The summed E-state index contributed by atoms with van der Waals surface area (Å²) in [7, 11) is 0. The molecule has 0 bridgehead atoms. The molecule has 1 rings (SSSR count). The van der Waals surface area contributed by atoms with E-state index >= 15 is 0 Å². The summed E-state index contributed by atoms with van der Waals surface area (Å²) in [4.78, 5) is 0.0466. The summed E-state index contributed by atoms with van der Waals surface area (Å²) in [6.07, 6.45) is 0. The first-order valence-corrected chi connectivity index (χ1v) is 5.25. The molecule has 0 radical (unpaired) electrons. The molecule has 0 saturated carbocycles. The Bertz CT molecular complexity index is 354. The number of hydrogen-bond acceptors (Lipinski definition) is 3. The van der Waals surface area contributed by atoms with Crippen molar-refractivity contribution in [2.75, 3.05) is 0 Å². The van der Waals surface area contributed by atoms with E-state index in [1.807, 2.05) is 0 Å². The maximum Gasteiger partial charge on any atom is 0.225 e. The van der Waals surface area contributed by atoms with Crippen molar-refractivity contribution in [3.05, 3.63) is 24.3 Å². The summed E-state index contributed by atoms with van der Waals surface area (Å²) in [5.74, 6) is 0. The third kappa shape index (κ3) is 2.66. The Hall–Kier alpha value is -0.630. The first-order valence-electron chi connectivity index (χ1n) is 3.07. The second-order valence-electron chi connectivity index (χ2n) is 2.02. The maximum absolute atomic E-state index is 11.5. The van der Waals surface area contributed by atoms with E-state index in [4.69, 9.17) is 4.55 Å². The van der Waals surface area contributed by atoms with Gasteiger partial charge in [0, 0.05) is 0 Å². The van der Waals surface area contributed by atoms with Crippen LogP contribution in [0, 0.1) is 0 Å². The van der Waals surface area contributed by atoms with Crippen molar-refractivity contribution in [3.8, 4) is 0 Å². The zero-order valence-corrected chi connectivity index (χ0v) is 7.81. The number of hydrogen-bond donors (Lipinski definition) is 1. The van der Waals surface area contributed by atoms with Crippen LogP contribution in [0.5, 0.6) is 0 Å². The highest BCUT2D eigenvalue weighted by molar-refractivity contribution is 7.80. The summed E-state index contributed by atoms with van der Waals surface area (Å²) >= 11 is -4.40. The monoisotopic (exact) mass is 224 g/mol. The van der Waals surface area contributed by atoms with Gasteiger partial charge in [-0.3, -0.25) is 0 Å². The van der Waals surface area contributed by atoms with E-state index < -0.39 is 22.2 Å². The minimum atomic E-state index is -2.23. The van der Waals surface area contributed by atoms with E-state index in [0.717, 1.165) is 6.07 Å². The lowest BCUT2D eigenvalue weighted by molar-refractivity contribution is 0.0125. The largest absolute Gasteiger partial charge is 0.302 e. The number of benzene rings is 1. The van der Waals surface area contributed by atoms with Gasteiger partial charge in [-0.2, -0.15) is 0 Å². The average Bonchev–Trinajstić information content (AvgIpc) is 2.17. The number of halogens is 1. The standard InChI is InChI=1S/C6H5FO4S2/c7-11-13(10)6-3-1-2-5(4-6)12(8)9/h1-4H,(H,8,9). The third-order valence-electron chi connectivity index (χ3n) is 1.26. The van der Waals surface area contributed by atoms with Crippen LogP contribution in [-0.4, -0.2) is 13.0 Å². The van der Waals surface area contributed by atoms with Crippen LogP contribution >= 0.6 is 0 Å². The van der Waals surface area contributed by atoms with Crippen LogP contribution in [0.1, 0.15) is 0 Å². The van der Waals surface area contributed by atoms with Crippen molar-refractivity contribution < 1.29 is 21.9 Å². The van der Waals surface area contributed by atoms with E-state index in [1.54, 1.807) is 0 Å². The molecule has 0 aromatic heterocycles. The molecular weight excluding hydrogens is 219 g/mol. The van der Waals surface area contributed by atoms with Crippen molar-refractivity contribution in [1.29, 1.82) is 0 Å². The lowest BCUT2D eigenvalue weighted by Gasteiger charge is -1.97. The second kappa shape index (κ2) is 4.56. The lowest BCUT2D eigenvalue weighted by Crippen LogP contribution is -1.94. The fourth-order valence-electron chi connectivity index (χ4n) is 0.723. The summed E-state index contributed by atoms with van der Waals surface area (Å²) in [5.41, 5.74) is 0. The van der Waals surface area contributed by atoms with Gasteiger partial charge in [0.15, 0.2) is 11.1 Å². The minimum absolute atomic E-state index is 0.00222. The van der Waals surface area contributed by atoms with Crippen LogP contribution in [-0.2, 0) is 26.5 Å². The molecule has 0 fully saturated rings. The van der Waals surface area contributed by atoms with Crippen LogP contribution < -0.4 is 0 Å². The molecule has 1 N–H and O–H groups in total. The van der Waals surface area contributed by atoms with Crippen LogP contribution in [0.15, 0.2) is 34.1 Å². The normalized spacial score (nSPS) is 15.2. The quantitative estimate of drug-likeness (QED) is 0.783. The molecule has 4 nitrogen and oxygen atoms in total. The Morgan fingerprint density at radius 3 is 2.46 bits per heavy atom. The Morgan fingerprint density at radius 2 is 1.92 bits per heavy atom. The molecule has 72 valence electrons. The van der Waals surface area contributed by atoms with E-state index in [1.165, 1.54) is 18.2 Å². The number of rotatable bonds is 3. The van der Waals surface area contributed by atoms with Crippen LogP contribution in [0.3, 0.4) is 0 Å². The Kier molecular flexibility index (Phi) is 3.67. The van der Waals surface area contributed by atoms with Gasteiger partial charge in [0.2, 0.25) is 11.1 Å². The van der Waals surface area contributed by atoms with Crippen LogP contribution in [0.2, 0.25) is 0 Å². The van der Waals surface area contributed by atoms with Gasteiger partial charge in [0.05, 0.1) is 9.79 Å². The smallest absolute Gasteiger partial charge is 0.225 e. The highest BCUT2D eigenvalue weighted by atomic mass is 32.2. The topological polar surface area (TPSA) is 63.6 Å². The molecule has 13 heavy (non-hydrogen) atoms. The van der Waals surface area contributed by atoms with Crippen LogP contribution in [0.25, 0.3) is 0 Å². The fraction of sp³-hybridized carbons (Fsp3) is 0. The van der Waals surface area contributed by atoms with Gasteiger partial charge < -0.3 is 4.55 Å². The van der Waals surface area contributed by atoms with Crippen molar-refractivity contribution >= 4 is 22.2 Å². The van der Waals surface area contributed by atoms with E-state index in [9.17, 15) is 12.9 Å². The lowest BCUT2D eigenvalue weighted by atomic mass is 10.4. The van der Waals surface area contributed by atoms with Crippen LogP contribution in [0.4, 0.5) is 4.53 Å². The van der Waals surface area contributed by atoms with Gasteiger partial charge in [-0.1, -0.05) is 10.5 Å². The minimum Gasteiger partial charge on any atom is -0.302 e. The Labute approximate surface area is 78.6 Å². The van der Waals surface area contributed by atoms with Gasteiger partial charge in [0.1, 0.15) is 0 Å². The fourth-order valence-corrected chi connectivity index (χ4v) is 1.71. The average molecular weight is 224 g/mol. The second-order valence-corrected chi connectivity index (χ2v) is 4.06. The molecule has 0 heterocycles. The molecule has 2 unspecified atom stereocenters. The molecule has 0 spiro atoms. The summed E-state index contributed by atoms with van der Waals surface area (Å²) < 4.78 is 44.4. The predicted molar refractivity (Wildman–Crippen MR) is 44.1 cm³/mol. The van der Waals surface area contributed by atoms with Gasteiger partial charge in [-0.05, 0) is 22.7 Å². The molecule has 1 aromatic rings. The Morgan fingerprint density at radius 1 is 1.31 bits per heavy atom. The van der Waals surface area contributed by atoms with E-state index in [-0.39, 0.29) is 9.79 Å². The van der Waals surface area contributed by atoms with Crippen molar-refractivity contribution in [2.24, 2.45) is 0 Å². The molecule has 1 aromatic carbocycles. The molecule has 0 aliphatic rings. The highest BCUT2D eigenvalue weighted by Gasteiger charge is 2.07. The van der Waals surface area contributed by atoms with Crippen molar-refractivity contribution in [1.82, 2.24) is 0 Å². The van der Waals surface area contributed by atoms with Crippen molar-refractivity contribution in [3.63, 3.8) is 0 Å². The first-order chi connectivity index (χ1) is 6.15. The zero-order chi connectivity index (χ0) is 9.84. The molecule has 0 aliphatic carbocycles. The first kappa shape index (κ1) is 10.5. The molecule has 2 atom stereocenters. The van der Waals surface area contributed by atoms with Gasteiger partial charge in [-0.15, -0.1) is 0 Å².